The molecule has 0 N–H and O–H groups in total. The number of piperidine rings is 2. The lowest BCUT2D eigenvalue weighted by Gasteiger charge is -2.26. The third kappa shape index (κ3) is 5.22. The molecule has 2 aromatic carbocycles. The van der Waals surface area contributed by atoms with Crippen molar-refractivity contribution < 1.29 is 4.74 Å². The highest BCUT2D eigenvalue weighted by Gasteiger charge is 2.55. The summed E-state index contributed by atoms with van der Waals surface area (Å²) in [7, 11) is 0. The SMILES string of the molecule is Cc1ccccc1-c1ccc(CN2C[C@@H]3[C@H](COCCCN4CCCCC4)[C@@H]3C2)cc1. The molecule has 2 aromatic rings. The van der Waals surface area contributed by atoms with Crippen molar-refractivity contribution in [3.63, 3.8) is 0 Å². The van der Waals surface area contributed by atoms with Gasteiger partial charge in [-0.2, -0.15) is 0 Å². The molecule has 0 radical (unpaired) electrons. The van der Waals surface area contributed by atoms with Crippen LogP contribution in [0.1, 0.15) is 36.8 Å². The number of ether oxygens (including phenoxy) is 1. The standard InChI is InChI=1S/C28H38N2O/c1-22-8-3-4-9-25(22)24-12-10-23(11-13-24)18-30-19-26-27(20-30)28(26)21-31-17-7-16-29-14-5-2-6-15-29/h3-4,8-13,26-28H,2,5-7,14-21H2,1H3/t26-,27+,28-. The summed E-state index contributed by atoms with van der Waals surface area (Å²) in [4.78, 5) is 5.26. The van der Waals surface area contributed by atoms with Gasteiger partial charge in [0.2, 0.25) is 0 Å². The molecule has 2 saturated heterocycles. The van der Waals surface area contributed by atoms with E-state index in [4.69, 9.17) is 4.74 Å². The van der Waals surface area contributed by atoms with Crippen LogP contribution < -0.4 is 0 Å². The van der Waals surface area contributed by atoms with Crippen LogP contribution in [-0.2, 0) is 11.3 Å². The largest absolute Gasteiger partial charge is 0.381 e. The lowest BCUT2D eigenvalue weighted by molar-refractivity contribution is 0.0967. The maximum absolute atomic E-state index is 6.06. The van der Waals surface area contributed by atoms with Gasteiger partial charge in [0.1, 0.15) is 0 Å². The van der Waals surface area contributed by atoms with Gasteiger partial charge in [-0.25, -0.2) is 0 Å². The Morgan fingerprint density at radius 1 is 0.871 bits per heavy atom. The molecular weight excluding hydrogens is 380 g/mol. The number of aryl methyl sites for hydroxylation is 1. The van der Waals surface area contributed by atoms with Gasteiger partial charge in [-0.15, -0.1) is 0 Å². The van der Waals surface area contributed by atoms with E-state index in [1.165, 1.54) is 80.7 Å². The van der Waals surface area contributed by atoms with E-state index >= 15 is 0 Å². The average Bonchev–Trinajstić information content (AvgIpc) is 3.25. The minimum Gasteiger partial charge on any atom is -0.381 e. The first-order chi connectivity index (χ1) is 15.3. The van der Waals surface area contributed by atoms with Crippen LogP contribution in [0, 0.1) is 24.7 Å². The molecule has 0 amide bonds. The van der Waals surface area contributed by atoms with Crippen LogP contribution in [0.25, 0.3) is 11.1 Å². The zero-order valence-electron chi connectivity index (χ0n) is 19.1. The number of fused-ring (bicyclic) bond motifs is 1. The molecule has 1 saturated carbocycles. The average molecular weight is 419 g/mol. The highest BCUT2D eigenvalue weighted by Crippen LogP contribution is 2.52. The Bertz CT molecular complexity index is 830. The maximum atomic E-state index is 6.06. The van der Waals surface area contributed by atoms with E-state index in [1.807, 2.05) is 0 Å². The summed E-state index contributed by atoms with van der Waals surface area (Å²) in [6, 6.07) is 17.8. The molecule has 1 aliphatic carbocycles. The van der Waals surface area contributed by atoms with Crippen molar-refractivity contribution >= 4 is 0 Å². The minimum atomic E-state index is 0.828. The third-order valence-corrected chi connectivity index (χ3v) is 7.79. The smallest absolute Gasteiger partial charge is 0.0500 e. The van der Waals surface area contributed by atoms with E-state index < -0.39 is 0 Å². The Morgan fingerprint density at radius 3 is 2.35 bits per heavy atom. The van der Waals surface area contributed by atoms with E-state index in [0.29, 0.717) is 0 Å². The summed E-state index contributed by atoms with van der Waals surface area (Å²) in [5, 5.41) is 0. The first kappa shape index (κ1) is 21.2. The molecule has 0 unspecified atom stereocenters. The quantitative estimate of drug-likeness (QED) is 0.519. The molecule has 0 spiro atoms. The van der Waals surface area contributed by atoms with Crippen molar-refractivity contribution in [1.29, 1.82) is 0 Å². The van der Waals surface area contributed by atoms with Gasteiger partial charge in [0, 0.05) is 32.8 Å². The van der Waals surface area contributed by atoms with Gasteiger partial charge in [-0.05, 0) is 79.3 Å². The van der Waals surface area contributed by atoms with Gasteiger partial charge in [-0.3, -0.25) is 4.90 Å². The van der Waals surface area contributed by atoms with Crippen molar-refractivity contribution in [2.45, 2.75) is 39.2 Å². The van der Waals surface area contributed by atoms with Crippen LogP contribution in [0.2, 0.25) is 0 Å². The summed E-state index contributed by atoms with van der Waals surface area (Å²) in [5.41, 5.74) is 5.44. The molecule has 3 aliphatic rings. The molecule has 3 nitrogen and oxygen atoms in total. The van der Waals surface area contributed by atoms with Crippen LogP contribution in [0.5, 0.6) is 0 Å². The highest BCUT2D eigenvalue weighted by molar-refractivity contribution is 5.67. The molecule has 3 fully saturated rings. The number of hydrogen-bond acceptors (Lipinski definition) is 3. The molecule has 31 heavy (non-hydrogen) atoms. The summed E-state index contributed by atoms with van der Waals surface area (Å²) in [5.74, 6) is 2.59. The van der Waals surface area contributed by atoms with E-state index in [-0.39, 0.29) is 0 Å². The fourth-order valence-electron chi connectivity index (χ4n) is 5.85. The van der Waals surface area contributed by atoms with Crippen molar-refractivity contribution in [3.05, 3.63) is 59.7 Å². The van der Waals surface area contributed by atoms with Crippen molar-refractivity contribution in [2.24, 2.45) is 17.8 Å². The zero-order chi connectivity index (χ0) is 21.0. The fourth-order valence-corrected chi connectivity index (χ4v) is 5.85. The van der Waals surface area contributed by atoms with Gasteiger partial charge in [0.05, 0.1) is 6.61 Å². The predicted octanol–water partition coefficient (Wildman–Crippen LogP) is 5.23. The lowest BCUT2D eigenvalue weighted by atomic mass is 9.99. The van der Waals surface area contributed by atoms with Crippen molar-refractivity contribution in [2.75, 3.05) is 45.9 Å². The molecule has 5 rings (SSSR count). The molecule has 166 valence electrons. The number of nitrogens with zero attached hydrogens (tertiary/aromatic N) is 2. The van der Waals surface area contributed by atoms with Gasteiger partial charge in [0.15, 0.2) is 0 Å². The number of likely N-dealkylation sites (tertiary alicyclic amines) is 2. The zero-order valence-corrected chi connectivity index (χ0v) is 19.1. The van der Waals surface area contributed by atoms with Crippen LogP contribution in [0.3, 0.4) is 0 Å². The molecular formula is C28H38N2O. The first-order valence-electron chi connectivity index (χ1n) is 12.5. The van der Waals surface area contributed by atoms with Gasteiger partial charge in [0.25, 0.3) is 0 Å². The number of rotatable bonds is 9. The summed E-state index contributed by atoms with van der Waals surface area (Å²) >= 11 is 0. The van der Waals surface area contributed by atoms with Gasteiger partial charge in [-0.1, -0.05) is 55.0 Å². The summed E-state index contributed by atoms with van der Waals surface area (Å²) < 4.78 is 6.06. The molecule has 2 heterocycles. The summed E-state index contributed by atoms with van der Waals surface area (Å²) in [6.45, 7) is 11.6. The van der Waals surface area contributed by atoms with Crippen molar-refractivity contribution in [1.82, 2.24) is 9.80 Å². The second-order valence-electron chi connectivity index (χ2n) is 10.0. The Hall–Kier alpha value is -1.68. The Labute approximate surface area is 188 Å². The van der Waals surface area contributed by atoms with Crippen LogP contribution in [-0.4, -0.2) is 55.7 Å². The number of benzene rings is 2. The maximum Gasteiger partial charge on any atom is 0.0500 e. The second kappa shape index (κ2) is 9.85. The van der Waals surface area contributed by atoms with Gasteiger partial charge >= 0.3 is 0 Å². The van der Waals surface area contributed by atoms with Crippen LogP contribution in [0.4, 0.5) is 0 Å². The Kier molecular flexibility index (Phi) is 6.73. The molecule has 0 aromatic heterocycles. The van der Waals surface area contributed by atoms with Gasteiger partial charge < -0.3 is 9.64 Å². The fraction of sp³-hybridized carbons (Fsp3) is 0.571. The molecule has 2 aliphatic heterocycles. The van der Waals surface area contributed by atoms with Crippen molar-refractivity contribution in [3.8, 4) is 11.1 Å². The molecule has 3 heteroatoms. The highest BCUT2D eigenvalue weighted by atomic mass is 16.5. The molecule has 3 atom stereocenters. The summed E-state index contributed by atoms with van der Waals surface area (Å²) in [6.07, 6.45) is 5.40. The minimum absolute atomic E-state index is 0.828. The first-order valence-corrected chi connectivity index (χ1v) is 12.5. The second-order valence-corrected chi connectivity index (χ2v) is 10.0. The van der Waals surface area contributed by atoms with E-state index in [2.05, 4.69) is 65.3 Å². The Balaban J connectivity index is 0.998. The monoisotopic (exact) mass is 418 g/mol. The predicted molar refractivity (Wildman–Crippen MR) is 128 cm³/mol. The normalized spacial score (nSPS) is 26.2. The van der Waals surface area contributed by atoms with E-state index in [0.717, 1.165) is 37.5 Å². The topological polar surface area (TPSA) is 15.7 Å². The number of hydrogen-bond donors (Lipinski definition) is 0. The van der Waals surface area contributed by atoms with E-state index in [1.54, 1.807) is 0 Å². The molecule has 0 bridgehead atoms. The third-order valence-electron chi connectivity index (χ3n) is 7.79. The Morgan fingerprint density at radius 2 is 1.61 bits per heavy atom. The van der Waals surface area contributed by atoms with Crippen LogP contribution in [0.15, 0.2) is 48.5 Å². The van der Waals surface area contributed by atoms with Crippen LogP contribution >= 0.6 is 0 Å². The van der Waals surface area contributed by atoms with E-state index in [9.17, 15) is 0 Å². The lowest BCUT2D eigenvalue weighted by Crippen LogP contribution is -2.31.